The number of nitrogens with zero attached hydrogens (tertiary/aromatic N) is 1. The minimum Gasteiger partial charge on any atom is -0.358 e. The molecular weight excluding hydrogens is 428 g/mol. The molecule has 0 saturated heterocycles. The summed E-state index contributed by atoms with van der Waals surface area (Å²) >= 11 is 0. The molecule has 0 unspecified atom stereocenters. The number of hydrogen-bond donors (Lipinski definition) is 0. The molecule has 5 heteroatoms. The fraction of sp³-hybridized carbons (Fsp3) is 0.0667. The standard InChI is InChI=1S/2C5H5.C2H3N.2CO.CH3.2Ru/c2*1-2-4-5-3-1;1-2-3;2*1-2;;;/h2*1-5H;1H3;;;1H3;;/q;;;;;-1;+1;+2. The van der Waals surface area contributed by atoms with Gasteiger partial charge in [0, 0.05) is 6.92 Å². The predicted octanol–water partition coefficient (Wildman–Crippen LogP) is 2.94. The topological polar surface area (TPSA) is 63.6 Å². The Balaban J connectivity index is -0.0000000313. The van der Waals surface area contributed by atoms with Crippen LogP contribution in [-0.2, 0) is 48.3 Å². The smallest absolute Gasteiger partial charge is 0.358 e. The van der Waals surface area contributed by atoms with E-state index in [0.717, 1.165) is 0 Å². The quantitative estimate of drug-likeness (QED) is 0.322. The second kappa shape index (κ2) is 50.7. The van der Waals surface area contributed by atoms with Crippen molar-refractivity contribution in [2.75, 3.05) is 0 Å². The van der Waals surface area contributed by atoms with Crippen LogP contribution in [0.3, 0.4) is 0 Å². The molecular formula is C15H16NO2Ru2+2. The maximum atomic E-state index is 7.50. The second-order valence-corrected chi connectivity index (χ2v) is 2.15. The molecule has 2 aliphatic rings. The van der Waals surface area contributed by atoms with Gasteiger partial charge in [-0.3, -0.25) is 0 Å². The van der Waals surface area contributed by atoms with Gasteiger partial charge in [-0.2, -0.15) is 5.26 Å². The molecule has 0 spiro atoms. The van der Waals surface area contributed by atoms with Gasteiger partial charge in [0.25, 0.3) is 0 Å². The molecule has 0 bridgehead atoms. The molecule has 2 saturated carbocycles. The Morgan fingerprint density at radius 2 is 0.750 bits per heavy atom. The van der Waals surface area contributed by atoms with Gasteiger partial charge in [-0.05, 0) is 64.2 Å². The molecule has 20 heavy (non-hydrogen) atoms. The summed E-state index contributed by atoms with van der Waals surface area (Å²) in [6.07, 6.45) is 20.0. The molecule has 0 atom stereocenters. The van der Waals surface area contributed by atoms with Crippen molar-refractivity contribution in [3.05, 3.63) is 84.9 Å². The van der Waals surface area contributed by atoms with Crippen LogP contribution in [0, 0.1) is 96.3 Å². The molecule has 0 aliphatic heterocycles. The zero-order chi connectivity index (χ0) is 13.8. The van der Waals surface area contributed by atoms with Crippen LogP contribution in [0.4, 0.5) is 0 Å². The molecule has 0 heterocycles. The van der Waals surface area contributed by atoms with Gasteiger partial charge in [0.05, 0.1) is 6.07 Å². The van der Waals surface area contributed by atoms with Gasteiger partial charge in [0.15, 0.2) is 0 Å². The fourth-order valence-electron chi connectivity index (χ4n) is 0.642. The van der Waals surface area contributed by atoms with Crippen LogP contribution in [0.5, 0.6) is 0 Å². The molecule has 107 valence electrons. The average Bonchev–Trinajstić information content (AvgIpc) is 3.13. The van der Waals surface area contributed by atoms with E-state index >= 15 is 0 Å². The summed E-state index contributed by atoms with van der Waals surface area (Å²) in [7, 11) is 0. The van der Waals surface area contributed by atoms with Gasteiger partial charge >= 0.3 is 61.6 Å². The predicted molar refractivity (Wildman–Crippen MR) is 68.6 cm³/mol. The molecule has 0 aromatic rings. The molecule has 0 aromatic carbocycles. The first-order chi connectivity index (χ1) is 8.41. The van der Waals surface area contributed by atoms with Crippen molar-refractivity contribution in [1.29, 1.82) is 5.26 Å². The molecule has 0 amide bonds. The largest absolute Gasteiger partial charge is 2.00 e. The first-order valence-electron chi connectivity index (χ1n) is 4.47. The van der Waals surface area contributed by atoms with E-state index < -0.39 is 0 Å². The Kier molecular flexibility index (Phi) is 93.6. The average molecular weight is 444 g/mol. The van der Waals surface area contributed by atoms with Crippen LogP contribution in [0.15, 0.2) is 0 Å². The Hall–Kier alpha value is 0.217. The zero-order valence-electron chi connectivity index (χ0n) is 11.2. The van der Waals surface area contributed by atoms with Crippen LogP contribution in [-0.4, -0.2) is 0 Å². The number of nitriles is 1. The Morgan fingerprint density at radius 1 is 0.700 bits per heavy atom. The SMILES string of the molecule is CC#N.[C-]#[O+].[C-]#[O+].[CH3-].[CH]1[CH][CH][CH][CH]1.[CH]1[CH][CH][CH][CH]1.[Ru+2].[Ru+]. The Labute approximate surface area is 151 Å². The first kappa shape index (κ1) is 36.9. The van der Waals surface area contributed by atoms with Gasteiger partial charge < -0.3 is 7.43 Å². The van der Waals surface area contributed by atoms with E-state index in [9.17, 15) is 0 Å². The van der Waals surface area contributed by atoms with Crippen molar-refractivity contribution in [1.82, 2.24) is 0 Å². The zero-order valence-corrected chi connectivity index (χ0v) is 14.7. The van der Waals surface area contributed by atoms with Gasteiger partial charge in [0.2, 0.25) is 0 Å². The number of hydrogen-bond acceptors (Lipinski definition) is 1. The van der Waals surface area contributed by atoms with Crippen LogP contribution < -0.4 is 0 Å². The molecule has 0 aromatic heterocycles. The number of rotatable bonds is 0. The molecule has 2 aliphatic carbocycles. The summed E-state index contributed by atoms with van der Waals surface area (Å²) < 4.78 is 15.0. The Bertz CT molecular complexity index is 162. The molecule has 2 rings (SSSR count). The molecule has 11 radical (unpaired) electrons. The first-order valence-corrected chi connectivity index (χ1v) is 4.47. The normalized spacial score (nSPS) is 12.6. The third kappa shape index (κ3) is 51.7. The molecule has 3 nitrogen and oxygen atoms in total. The van der Waals surface area contributed by atoms with Gasteiger partial charge in [-0.1, -0.05) is 0 Å². The van der Waals surface area contributed by atoms with E-state index in [0.29, 0.717) is 0 Å². The fourth-order valence-corrected chi connectivity index (χ4v) is 0.642. The summed E-state index contributed by atoms with van der Waals surface area (Å²) in [6.45, 7) is 10.4. The van der Waals surface area contributed by atoms with E-state index in [1.165, 1.54) is 6.92 Å². The summed E-state index contributed by atoms with van der Waals surface area (Å²) in [6, 6.07) is 1.75. The van der Waals surface area contributed by atoms with Crippen molar-refractivity contribution in [2.45, 2.75) is 6.92 Å². The van der Waals surface area contributed by atoms with Gasteiger partial charge in [-0.25, -0.2) is 0 Å². The second-order valence-electron chi connectivity index (χ2n) is 2.15. The van der Waals surface area contributed by atoms with E-state index in [1.807, 2.05) is 64.2 Å². The van der Waals surface area contributed by atoms with Crippen molar-refractivity contribution < 1.29 is 48.3 Å². The van der Waals surface area contributed by atoms with Gasteiger partial charge in [0.1, 0.15) is 0 Å². The Morgan fingerprint density at radius 3 is 0.800 bits per heavy atom. The maximum absolute atomic E-state index is 7.50. The summed E-state index contributed by atoms with van der Waals surface area (Å²) in [4.78, 5) is 0. The molecule has 2 fully saturated rings. The summed E-state index contributed by atoms with van der Waals surface area (Å²) in [5.74, 6) is 0. The van der Waals surface area contributed by atoms with E-state index in [2.05, 4.69) is 13.3 Å². The third-order valence-corrected chi connectivity index (χ3v) is 1.11. The van der Waals surface area contributed by atoms with Gasteiger partial charge in [-0.15, -0.1) is 0 Å². The van der Waals surface area contributed by atoms with Crippen molar-refractivity contribution in [2.24, 2.45) is 0 Å². The summed E-state index contributed by atoms with van der Waals surface area (Å²) in [5, 5.41) is 7.32. The van der Waals surface area contributed by atoms with Crippen LogP contribution in [0.1, 0.15) is 6.92 Å². The van der Waals surface area contributed by atoms with Crippen LogP contribution >= 0.6 is 0 Å². The van der Waals surface area contributed by atoms with Crippen molar-refractivity contribution >= 4 is 0 Å². The molecule has 0 N–H and O–H groups in total. The van der Waals surface area contributed by atoms with E-state index in [4.69, 9.17) is 14.6 Å². The van der Waals surface area contributed by atoms with E-state index in [1.54, 1.807) is 6.07 Å². The summed E-state index contributed by atoms with van der Waals surface area (Å²) in [5.41, 5.74) is 0. The van der Waals surface area contributed by atoms with E-state index in [-0.39, 0.29) is 46.4 Å². The minimum absolute atomic E-state index is 0. The third-order valence-electron chi connectivity index (χ3n) is 1.11. The van der Waals surface area contributed by atoms with Crippen molar-refractivity contribution in [3.63, 3.8) is 0 Å². The van der Waals surface area contributed by atoms with Crippen LogP contribution in [0.25, 0.3) is 0 Å². The maximum Gasteiger partial charge on any atom is 2.00 e. The van der Waals surface area contributed by atoms with Crippen LogP contribution in [0.2, 0.25) is 0 Å². The monoisotopic (exact) mass is 446 g/mol. The van der Waals surface area contributed by atoms with Crippen molar-refractivity contribution in [3.8, 4) is 6.07 Å². The minimum atomic E-state index is 0.